The Kier molecular flexibility index (Phi) is 7.53. The van der Waals surface area contributed by atoms with Gasteiger partial charge in [0.1, 0.15) is 11.5 Å². The fourth-order valence-electron chi connectivity index (χ4n) is 3.82. The summed E-state index contributed by atoms with van der Waals surface area (Å²) >= 11 is 5.94. The number of carboxylic acid groups (broad SMARTS) is 1. The number of ether oxygens (including phenoxy) is 1. The third-order valence-electron chi connectivity index (χ3n) is 5.38. The van der Waals surface area contributed by atoms with Crippen LogP contribution in [0.4, 0.5) is 0 Å². The minimum Gasteiger partial charge on any atom is -0.507 e. The Morgan fingerprint density at radius 1 is 1.03 bits per heavy atom. The van der Waals surface area contributed by atoms with Gasteiger partial charge in [0.15, 0.2) is 0 Å². The van der Waals surface area contributed by atoms with Gasteiger partial charge in [-0.25, -0.2) is 0 Å². The molecule has 7 nitrogen and oxygen atoms in total. The van der Waals surface area contributed by atoms with Crippen LogP contribution in [-0.2, 0) is 14.4 Å². The maximum atomic E-state index is 13.0. The molecule has 2 N–H and O–H groups in total. The van der Waals surface area contributed by atoms with E-state index in [1.54, 1.807) is 48.5 Å². The summed E-state index contributed by atoms with van der Waals surface area (Å²) in [4.78, 5) is 38.1. The lowest BCUT2D eigenvalue weighted by molar-refractivity contribution is -0.140. The molecule has 32 heavy (non-hydrogen) atoms. The second-order valence-corrected chi connectivity index (χ2v) is 7.88. The Labute approximate surface area is 190 Å². The van der Waals surface area contributed by atoms with Crippen molar-refractivity contribution in [1.29, 1.82) is 0 Å². The Balaban J connectivity index is 2.02. The van der Waals surface area contributed by atoms with Crippen molar-refractivity contribution in [2.45, 2.75) is 31.7 Å². The van der Waals surface area contributed by atoms with Crippen molar-refractivity contribution in [2.24, 2.45) is 0 Å². The van der Waals surface area contributed by atoms with E-state index >= 15 is 0 Å². The second kappa shape index (κ2) is 10.3. The number of hydrogen-bond donors (Lipinski definition) is 2. The summed E-state index contributed by atoms with van der Waals surface area (Å²) in [5, 5.41) is 20.3. The van der Waals surface area contributed by atoms with Gasteiger partial charge in [-0.2, -0.15) is 0 Å². The molecule has 0 saturated carbocycles. The standard InChI is InChI=1S/C24H24ClNO6/c1-32-18-8-5-4-7-17(18)21-20(22(29)15-10-12-16(25)13-11-15)23(30)24(31)26(21)14-6-2-3-9-19(27)28/h4-5,7-8,10-13,21,29H,2-3,6,9,14H2,1H3,(H,27,28)/t21-/m1/s1. The lowest BCUT2D eigenvalue weighted by atomic mass is 9.94. The van der Waals surface area contributed by atoms with Gasteiger partial charge in [-0.05, 0) is 43.2 Å². The number of carboxylic acids is 1. The predicted molar refractivity (Wildman–Crippen MR) is 120 cm³/mol. The van der Waals surface area contributed by atoms with Gasteiger partial charge in [-0.15, -0.1) is 0 Å². The molecule has 3 rings (SSSR count). The van der Waals surface area contributed by atoms with Crippen LogP contribution in [0.25, 0.3) is 5.76 Å². The predicted octanol–water partition coefficient (Wildman–Crippen LogP) is 4.42. The number of nitrogens with zero attached hydrogens (tertiary/aromatic N) is 1. The van der Waals surface area contributed by atoms with E-state index in [2.05, 4.69) is 0 Å². The quantitative estimate of drug-likeness (QED) is 0.250. The summed E-state index contributed by atoms with van der Waals surface area (Å²) in [5.74, 6) is -2.17. The van der Waals surface area contributed by atoms with Crippen LogP contribution in [0.2, 0.25) is 5.02 Å². The van der Waals surface area contributed by atoms with E-state index in [-0.39, 0.29) is 24.3 Å². The average Bonchev–Trinajstić information content (AvgIpc) is 3.03. The number of aliphatic hydroxyl groups is 1. The number of carbonyl (C=O) groups excluding carboxylic acids is 2. The molecular weight excluding hydrogens is 434 g/mol. The molecule has 2 aromatic rings. The molecule has 168 valence electrons. The molecule has 0 aliphatic carbocycles. The number of likely N-dealkylation sites (tertiary alicyclic amines) is 1. The highest BCUT2D eigenvalue weighted by Gasteiger charge is 2.46. The Bertz CT molecular complexity index is 1050. The minimum atomic E-state index is -0.873. The first-order valence-electron chi connectivity index (χ1n) is 10.2. The molecule has 1 aliphatic heterocycles. The zero-order valence-corrected chi connectivity index (χ0v) is 18.3. The van der Waals surface area contributed by atoms with Crippen LogP contribution in [0.3, 0.4) is 0 Å². The molecule has 0 bridgehead atoms. The van der Waals surface area contributed by atoms with Crippen LogP contribution in [0.5, 0.6) is 5.75 Å². The topological polar surface area (TPSA) is 104 Å². The second-order valence-electron chi connectivity index (χ2n) is 7.45. The van der Waals surface area contributed by atoms with E-state index < -0.39 is 23.7 Å². The Hall–Kier alpha value is -3.32. The van der Waals surface area contributed by atoms with E-state index in [1.807, 2.05) is 0 Å². The molecule has 1 atom stereocenters. The Morgan fingerprint density at radius 2 is 1.72 bits per heavy atom. The van der Waals surface area contributed by atoms with Crippen molar-refractivity contribution in [3.05, 3.63) is 70.3 Å². The van der Waals surface area contributed by atoms with Crippen molar-refractivity contribution >= 4 is 35.0 Å². The first kappa shape index (κ1) is 23.3. The maximum absolute atomic E-state index is 13.0. The van der Waals surface area contributed by atoms with Crippen LogP contribution >= 0.6 is 11.6 Å². The van der Waals surface area contributed by atoms with Crippen molar-refractivity contribution in [2.75, 3.05) is 13.7 Å². The fourth-order valence-corrected chi connectivity index (χ4v) is 3.95. The monoisotopic (exact) mass is 457 g/mol. The fraction of sp³-hybridized carbons (Fsp3) is 0.292. The Morgan fingerprint density at radius 3 is 2.38 bits per heavy atom. The number of hydrogen-bond acceptors (Lipinski definition) is 5. The maximum Gasteiger partial charge on any atom is 0.303 e. The lowest BCUT2D eigenvalue weighted by Gasteiger charge is -2.26. The highest BCUT2D eigenvalue weighted by atomic mass is 35.5. The van der Waals surface area contributed by atoms with E-state index in [1.165, 1.54) is 12.0 Å². The summed E-state index contributed by atoms with van der Waals surface area (Å²) in [6, 6.07) is 12.5. The average molecular weight is 458 g/mol. The summed E-state index contributed by atoms with van der Waals surface area (Å²) < 4.78 is 5.46. The molecule has 0 unspecified atom stereocenters. The minimum absolute atomic E-state index is 0.0210. The molecule has 1 fully saturated rings. The molecule has 1 heterocycles. The first-order chi connectivity index (χ1) is 15.3. The summed E-state index contributed by atoms with van der Waals surface area (Å²) in [6.07, 6.45) is 1.63. The van der Waals surface area contributed by atoms with Crippen molar-refractivity contribution in [3.8, 4) is 5.75 Å². The lowest BCUT2D eigenvalue weighted by Crippen LogP contribution is -2.31. The van der Waals surface area contributed by atoms with Gasteiger partial charge in [-0.3, -0.25) is 14.4 Å². The molecule has 0 radical (unpaired) electrons. The normalized spacial score (nSPS) is 17.6. The number of amides is 1. The van der Waals surface area contributed by atoms with Crippen LogP contribution < -0.4 is 4.74 Å². The third kappa shape index (κ3) is 4.94. The number of methoxy groups -OCH3 is 1. The number of para-hydroxylation sites is 1. The van der Waals surface area contributed by atoms with Crippen LogP contribution in [-0.4, -0.2) is 46.4 Å². The largest absolute Gasteiger partial charge is 0.507 e. The van der Waals surface area contributed by atoms with Crippen LogP contribution in [0.15, 0.2) is 54.1 Å². The summed E-state index contributed by atoms with van der Waals surface area (Å²) in [6.45, 7) is 0.240. The van der Waals surface area contributed by atoms with Crippen LogP contribution in [0.1, 0.15) is 42.9 Å². The summed E-state index contributed by atoms with van der Waals surface area (Å²) in [7, 11) is 1.50. The van der Waals surface area contributed by atoms with Gasteiger partial charge in [-0.1, -0.05) is 36.2 Å². The third-order valence-corrected chi connectivity index (χ3v) is 5.63. The zero-order chi connectivity index (χ0) is 23.3. The number of unbranched alkanes of at least 4 members (excludes halogenated alkanes) is 2. The highest BCUT2D eigenvalue weighted by Crippen LogP contribution is 2.42. The number of halogens is 1. The first-order valence-corrected chi connectivity index (χ1v) is 10.6. The molecule has 2 aromatic carbocycles. The number of carbonyl (C=O) groups is 3. The smallest absolute Gasteiger partial charge is 0.303 e. The van der Waals surface area contributed by atoms with Crippen molar-refractivity contribution < 1.29 is 29.3 Å². The van der Waals surface area contributed by atoms with Gasteiger partial charge in [0.25, 0.3) is 11.7 Å². The van der Waals surface area contributed by atoms with Gasteiger partial charge in [0.2, 0.25) is 0 Å². The van der Waals surface area contributed by atoms with Crippen molar-refractivity contribution in [1.82, 2.24) is 4.90 Å². The molecule has 8 heteroatoms. The van der Waals surface area contributed by atoms with E-state index in [9.17, 15) is 19.5 Å². The van der Waals surface area contributed by atoms with Crippen LogP contribution in [0, 0.1) is 0 Å². The van der Waals surface area contributed by atoms with Crippen molar-refractivity contribution in [3.63, 3.8) is 0 Å². The molecule has 0 spiro atoms. The molecule has 1 saturated heterocycles. The van der Waals surface area contributed by atoms with E-state index in [0.29, 0.717) is 41.2 Å². The van der Waals surface area contributed by atoms with Gasteiger partial charge >= 0.3 is 5.97 Å². The molecular formula is C24H24ClNO6. The van der Waals surface area contributed by atoms with Gasteiger partial charge < -0.3 is 19.8 Å². The van der Waals surface area contributed by atoms with E-state index in [4.69, 9.17) is 21.4 Å². The van der Waals surface area contributed by atoms with E-state index in [0.717, 1.165) is 0 Å². The number of ketones is 1. The summed E-state index contributed by atoms with van der Waals surface area (Å²) in [5.41, 5.74) is 0.927. The number of benzene rings is 2. The number of Topliss-reactive ketones (excluding diaryl/α,β-unsaturated/α-hetero) is 1. The number of aliphatic carboxylic acids is 1. The molecule has 1 aliphatic rings. The highest BCUT2D eigenvalue weighted by molar-refractivity contribution is 6.46. The SMILES string of the molecule is COc1ccccc1[C@@H]1C(=C(O)c2ccc(Cl)cc2)C(=O)C(=O)N1CCCCCC(=O)O. The number of rotatable bonds is 9. The van der Waals surface area contributed by atoms with Gasteiger partial charge in [0, 0.05) is 29.1 Å². The molecule has 0 aromatic heterocycles. The number of aliphatic hydroxyl groups excluding tert-OH is 1. The van der Waals surface area contributed by atoms with Gasteiger partial charge in [0.05, 0.1) is 18.7 Å². The zero-order valence-electron chi connectivity index (χ0n) is 17.6. The molecule has 1 amide bonds.